The summed E-state index contributed by atoms with van der Waals surface area (Å²) in [4.78, 5) is 18.2. The van der Waals surface area contributed by atoms with Crippen LogP contribution in [-0.2, 0) is 16.1 Å². The number of alkyl halides is 1. The highest BCUT2D eigenvalue weighted by molar-refractivity contribution is 7.09. The number of hydrogen-bond acceptors (Lipinski definition) is 4. The van der Waals surface area contributed by atoms with Gasteiger partial charge in [-0.3, -0.25) is 9.69 Å². The van der Waals surface area contributed by atoms with Crippen molar-refractivity contribution in [1.82, 2.24) is 9.80 Å². The fourth-order valence-electron chi connectivity index (χ4n) is 4.61. The van der Waals surface area contributed by atoms with E-state index < -0.39 is 6.17 Å². The number of halogens is 1. The molecule has 0 radical (unpaired) electrons. The second-order valence-corrected chi connectivity index (χ2v) is 8.98. The van der Waals surface area contributed by atoms with Crippen LogP contribution in [0.2, 0.25) is 0 Å². The van der Waals surface area contributed by atoms with Gasteiger partial charge in [0.05, 0.1) is 0 Å². The van der Waals surface area contributed by atoms with Crippen LogP contribution in [0.4, 0.5) is 4.39 Å². The zero-order valence-corrected chi connectivity index (χ0v) is 15.6. The summed E-state index contributed by atoms with van der Waals surface area (Å²) in [5, 5.41) is 2.06. The Morgan fingerprint density at radius 3 is 3.00 bits per heavy atom. The van der Waals surface area contributed by atoms with Crippen molar-refractivity contribution in [1.29, 1.82) is 0 Å². The third-order valence-corrected chi connectivity index (χ3v) is 7.11. The standard InChI is InChI=1S/C19H27FN2O2S/c1-21(18(23)17-10-19(17)4-6-24-7-5-19)12-15-9-14(20)11-22(15)13-16-3-2-8-25-16/h2-3,8,14-15,17H,4-7,9-13H2,1H3/t14-,15-,17+/m0/s1. The summed E-state index contributed by atoms with van der Waals surface area (Å²) in [6.07, 6.45) is 2.79. The number of amides is 1. The summed E-state index contributed by atoms with van der Waals surface area (Å²) in [5.74, 6) is 0.412. The lowest BCUT2D eigenvalue weighted by Crippen LogP contribution is -2.42. The molecule has 1 aromatic rings. The lowest BCUT2D eigenvalue weighted by molar-refractivity contribution is -0.133. The molecule has 1 amide bonds. The Morgan fingerprint density at radius 1 is 1.48 bits per heavy atom. The second kappa shape index (κ2) is 6.97. The first-order valence-corrected chi connectivity index (χ1v) is 10.2. The molecule has 2 aliphatic heterocycles. The van der Waals surface area contributed by atoms with Gasteiger partial charge in [-0.1, -0.05) is 6.07 Å². The van der Waals surface area contributed by atoms with Crippen molar-refractivity contribution in [2.45, 2.75) is 44.4 Å². The minimum Gasteiger partial charge on any atom is -0.381 e. The summed E-state index contributed by atoms with van der Waals surface area (Å²) >= 11 is 1.71. The molecule has 3 fully saturated rings. The van der Waals surface area contributed by atoms with E-state index in [1.54, 1.807) is 11.3 Å². The van der Waals surface area contributed by atoms with Crippen LogP contribution in [0.5, 0.6) is 0 Å². The van der Waals surface area contributed by atoms with Gasteiger partial charge in [-0.2, -0.15) is 0 Å². The van der Waals surface area contributed by atoms with Crippen LogP contribution in [0, 0.1) is 11.3 Å². The van der Waals surface area contributed by atoms with Gasteiger partial charge >= 0.3 is 0 Å². The molecule has 1 spiro atoms. The van der Waals surface area contributed by atoms with Crippen LogP contribution in [-0.4, -0.2) is 61.3 Å². The van der Waals surface area contributed by atoms with Gasteiger partial charge in [0, 0.05) is 56.7 Å². The van der Waals surface area contributed by atoms with E-state index in [0.717, 1.165) is 39.0 Å². The highest BCUT2D eigenvalue weighted by Crippen LogP contribution is 2.59. The molecule has 0 unspecified atom stereocenters. The molecule has 0 N–H and O–H groups in total. The molecule has 1 saturated carbocycles. The molecule has 1 aromatic heterocycles. The Balaban J connectivity index is 1.34. The van der Waals surface area contributed by atoms with E-state index >= 15 is 0 Å². The van der Waals surface area contributed by atoms with E-state index in [-0.39, 0.29) is 23.3 Å². The Kier molecular flexibility index (Phi) is 4.86. The van der Waals surface area contributed by atoms with Gasteiger partial charge in [0.15, 0.2) is 0 Å². The number of ether oxygens (including phenoxy) is 1. The first kappa shape index (κ1) is 17.4. The number of thiophene rings is 1. The van der Waals surface area contributed by atoms with Gasteiger partial charge in [-0.05, 0) is 42.5 Å². The molecule has 6 heteroatoms. The minimum absolute atomic E-state index is 0.121. The van der Waals surface area contributed by atoms with Crippen LogP contribution >= 0.6 is 11.3 Å². The Morgan fingerprint density at radius 2 is 2.28 bits per heavy atom. The highest BCUT2D eigenvalue weighted by Gasteiger charge is 2.58. The minimum atomic E-state index is -0.781. The van der Waals surface area contributed by atoms with Crippen molar-refractivity contribution in [2.24, 2.45) is 11.3 Å². The van der Waals surface area contributed by atoms with Crippen molar-refractivity contribution in [3.05, 3.63) is 22.4 Å². The van der Waals surface area contributed by atoms with E-state index in [1.807, 2.05) is 18.0 Å². The van der Waals surface area contributed by atoms with Crippen LogP contribution < -0.4 is 0 Å². The molecule has 0 bridgehead atoms. The number of rotatable bonds is 5. The molecule has 4 rings (SSSR count). The highest BCUT2D eigenvalue weighted by atomic mass is 32.1. The molecule has 25 heavy (non-hydrogen) atoms. The average molecular weight is 367 g/mol. The fourth-order valence-corrected chi connectivity index (χ4v) is 5.34. The lowest BCUT2D eigenvalue weighted by atomic mass is 9.93. The largest absolute Gasteiger partial charge is 0.381 e. The summed E-state index contributed by atoms with van der Waals surface area (Å²) < 4.78 is 19.4. The number of carbonyl (C=O) groups excluding carboxylic acids is 1. The number of likely N-dealkylation sites (tertiary alicyclic amines) is 1. The second-order valence-electron chi connectivity index (χ2n) is 7.95. The average Bonchev–Trinajstić information content (AvgIpc) is 2.94. The maximum atomic E-state index is 14.0. The predicted molar refractivity (Wildman–Crippen MR) is 96.3 cm³/mol. The van der Waals surface area contributed by atoms with Gasteiger partial charge in [0.2, 0.25) is 5.91 Å². The van der Waals surface area contributed by atoms with Crippen LogP contribution in [0.1, 0.15) is 30.6 Å². The third-order valence-electron chi connectivity index (χ3n) is 6.25. The Labute approximate surface area is 152 Å². The van der Waals surface area contributed by atoms with Crippen LogP contribution in [0.25, 0.3) is 0 Å². The molecule has 3 heterocycles. The van der Waals surface area contributed by atoms with Crippen LogP contribution in [0.3, 0.4) is 0 Å². The van der Waals surface area contributed by atoms with Crippen LogP contribution in [0.15, 0.2) is 17.5 Å². The zero-order valence-electron chi connectivity index (χ0n) is 14.8. The zero-order chi connectivity index (χ0) is 17.4. The maximum Gasteiger partial charge on any atom is 0.226 e. The molecular formula is C19H27FN2O2S. The molecule has 138 valence electrons. The molecule has 2 saturated heterocycles. The van der Waals surface area contributed by atoms with Gasteiger partial charge in [-0.25, -0.2) is 4.39 Å². The van der Waals surface area contributed by atoms with Gasteiger partial charge in [-0.15, -0.1) is 11.3 Å². The Hall–Kier alpha value is -0.980. The predicted octanol–water partition coefficient (Wildman–Crippen LogP) is 2.94. The molecule has 1 aliphatic carbocycles. The van der Waals surface area contributed by atoms with Gasteiger partial charge in [0.25, 0.3) is 0 Å². The number of nitrogens with zero attached hydrogens (tertiary/aromatic N) is 2. The summed E-state index contributed by atoms with van der Waals surface area (Å²) in [6.45, 7) is 3.47. The van der Waals surface area contributed by atoms with Crippen molar-refractivity contribution < 1.29 is 13.9 Å². The van der Waals surface area contributed by atoms with Crippen molar-refractivity contribution in [3.8, 4) is 0 Å². The fraction of sp³-hybridized carbons (Fsp3) is 0.737. The smallest absolute Gasteiger partial charge is 0.226 e. The summed E-state index contributed by atoms with van der Waals surface area (Å²) in [5.41, 5.74) is 0.207. The van der Waals surface area contributed by atoms with Gasteiger partial charge < -0.3 is 9.64 Å². The normalized spacial score (nSPS) is 31.4. The van der Waals surface area contributed by atoms with Crippen molar-refractivity contribution in [3.63, 3.8) is 0 Å². The Bertz CT molecular complexity index is 603. The first-order valence-electron chi connectivity index (χ1n) is 9.31. The van der Waals surface area contributed by atoms with Crippen molar-refractivity contribution >= 4 is 17.2 Å². The van der Waals surface area contributed by atoms with E-state index in [4.69, 9.17) is 4.74 Å². The lowest BCUT2D eigenvalue weighted by Gasteiger charge is -2.29. The summed E-state index contributed by atoms with van der Waals surface area (Å²) in [6, 6.07) is 4.26. The topological polar surface area (TPSA) is 32.8 Å². The van der Waals surface area contributed by atoms with E-state index in [2.05, 4.69) is 16.3 Å². The monoisotopic (exact) mass is 366 g/mol. The molecule has 3 aliphatic rings. The molecule has 3 atom stereocenters. The number of likely N-dealkylation sites (N-methyl/N-ethyl adjacent to an activating group) is 1. The van der Waals surface area contributed by atoms with E-state index in [0.29, 0.717) is 19.5 Å². The molecule has 4 nitrogen and oxygen atoms in total. The number of carbonyl (C=O) groups is 1. The number of hydrogen-bond donors (Lipinski definition) is 0. The third kappa shape index (κ3) is 3.62. The molecular weight excluding hydrogens is 339 g/mol. The van der Waals surface area contributed by atoms with Crippen molar-refractivity contribution in [2.75, 3.05) is 33.4 Å². The first-order chi connectivity index (χ1) is 12.1. The summed E-state index contributed by atoms with van der Waals surface area (Å²) in [7, 11) is 1.89. The van der Waals surface area contributed by atoms with E-state index in [9.17, 15) is 9.18 Å². The quantitative estimate of drug-likeness (QED) is 0.803. The van der Waals surface area contributed by atoms with Gasteiger partial charge in [0.1, 0.15) is 6.17 Å². The SMILES string of the molecule is CN(C[C@@H]1C[C@H](F)CN1Cc1cccs1)C(=O)[C@H]1CC12CCOCC2. The molecule has 0 aromatic carbocycles. The van der Waals surface area contributed by atoms with E-state index in [1.165, 1.54) is 4.88 Å². The maximum absolute atomic E-state index is 14.0.